The summed E-state index contributed by atoms with van der Waals surface area (Å²) in [6.45, 7) is 4.10. The van der Waals surface area contributed by atoms with Gasteiger partial charge in [-0.15, -0.1) is 0 Å². The van der Waals surface area contributed by atoms with E-state index < -0.39 is 0 Å². The van der Waals surface area contributed by atoms with E-state index in [1.807, 2.05) is 84.4 Å². The summed E-state index contributed by atoms with van der Waals surface area (Å²) in [4.78, 5) is 17.4. The lowest BCUT2D eigenvalue weighted by atomic mass is 9.92. The highest BCUT2D eigenvalue weighted by molar-refractivity contribution is 6.30. The number of hydrogen-bond acceptors (Lipinski definition) is 2. The first-order valence-corrected chi connectivity index (χ1v) is 9.93. The Morgan fingerprint density at radius 3 is 2.62 bits per heavy atom. The molecule has 0 aliphatic rings. The molecule has 0 bridgehead atoms. The normalized spacial score (nSPS) is 12.1. The van der Waals surface area contributed by atoms with E-state index >= 15 is 0 Å². The summed E-state index contributed by atoms with van der Waals surface area (Å²) in [7, 11) is 0. The molecule has 4 nitrogen and oxygen atoms in total. The van der Waals surface area contributed by atoms with Gasteiger partial charge in [0.1, 0.15) is 5.65 Å². The Morgan fingerprint density at radius 2 is 1.86 bits per heavy atom. The number of imidazole rings is 1. The summed E-state index contributed by atoms with van der Waals surface area (Å²) in [5.41, 5.74) is 5.96. The molecule has 0 radical (unpaired) electrons. The van der Waals surface area contributed by atoms with Crippen LogP contribution in [0.1, 0.15) is 34.7 Å². The third-order valence-electron chi connectivity index (χ3n) is 5.24. The number of anilines is 1. The van der Waals surface area contributed by atoms with Crippen molar-refractivity contribution < 1.29 is 4.79 Å². The van der Waals surface area contributed by atoms with Crippen molar-refractivity contribution in [2.75, 3.05) is 5.32 Å². The Bertz CT molecular complexity index is 1170. The predicted molar refractivity (Wildman–Crippen MR) is 118 cm³/mol. The Hall–Kier alpha value is -3.11. The molecule has 4 rings (SSSR count). The summed E-state index contributed by atoms with van der Waals surface area (Å²) in [5.74, 6) is -0.185. The molecule has 2 aromatic carbocycles. The van der Waals surface area contributed by atoms with Crippen LogP contribution in [0.25, 0.3) is 5.65 Å². The lowest BCUT2D eigenvalue weighted by Crippen LogP contribution is -2.17. The minimum atomic E-state index is -0.142. The second kappa shape index (κ2) is 8.10. The van der Waals surface area contributed by atoms with E-state index in [2.05, 4.69) is 17.2 Å². The molecule has 1 atom stereocenters. The first-order valence-electron chi connectivity index (χ1n) is 9.56. The van der Waals surface area contributed by atoms with E-state index in [1.165, 1.54) is 5.56 Å². The van der Waals surface area contributed by atoms with Crippen LogP contribution in [0.3, 0.4) is 0 Å². The number of pyridine rings is 1. The zero-order valence-electron chi connectivity index (χ0n) is 16.4. The molecule has 0 fully saturated rings. The molecule has 0 aliphatic heterocycles. The van der Waals surface area contributed by atoms with Crippen molar-refractivity contribution in [1.82, 2.24) is 9.38 Å². The van der Waals surface area contributed by atoms with Crippen LogP contribution in [0.4, 0.5) is 5.69 Å². The lowest BCUT2D eigenvalue weighted by molar-refractivity contribution is -0.116. The molecule has 1 amide bonds. The van der Waals surface area contributed by atoms with Gasteiger partial charge in [0.25, 0.3) is 0 Å². The maximum Gasteiger partial charge on any atom is 0.225 e. The van der Waals surface area contributed by atoms with Crippen LogP contribution in [-0.4, -0.2) is 15.3 Å². The minimum absolute atomic E-state index is 0.0425. The largest absolute Gasteiger partial charge is 0.326 e. The quantitative estimate of drug-likeness (QED) is 0.460. The summed E-state index contributed by atoms with van der Waals surface area (Å²) >= 11 is 6.21. The SMILES string of the molecule is Cc1ccc(NC(=O)CC(c2ccccc2)c2cnc3ccc(Cl)cn23)cc1C. The van der Waals surface area contributed by atoms with Crippen molar-refractivity contribution in [2.45, 2.75) is 26.2 Å². The van der Waals surface area contributed by atoms with E-state index in [-0.39, 0.29) is 11.8 Å². The van der Waals surface area contributed by atoms with Crippen molar-refractivity contribution in [3.63, 3.8) is 0 Å². The average molecular weight is 404 g/mol. The zero-order valence-corrected chi connectivity index (χ0v) is 17.1. The highest BCUT2D eigenvalue weighted by Gasteiger charge is 2.22. The molecule has 0 spiro atoms. The molecule has 1 unspecified atom stereocenters. The summed E-state index contributed by atoms with van der Waals surface area (Å²) in [5, 5.41) is 3.66. The average Bonchev–Trinajstić information content (AvgIpc) is 3.12. The van der Waals surface area contributed by atoms with Crippen molar-refractivity contribution in [3.8, 4) is 0 Å². The maximum atomic E-state index is 12.9. The van der Waals surface area contributed by atoms with Gasteiger partial charge in [0.05, 0.1) is 10.7 Å². The topological polar surface area (TPSA) is 46.4 Å². The van der Waals surface area contributed by atoms with Gasteiger partial charge in [-0.2, -0.15) is 0 Å². The summed E-state index contributed by atoms with van der Waals surface area (Å²) in [6.07, 6.45) is 3.97. The van der Waals surface area contributed by atoms with Gasteiger partial charge in [-0.25, -0.2) is 4.98 Å². The number of hydrogen-bond donors (Lipinski definition) is 1. The predicted octanol–water partition coefficient (Wildman–Crippen LogP) is 5.77. The van der Waals surface area contributed by atoms with E-state index in [9.17, 15) is 4.79 Å². The molecular formula is C24H22ClN3O. The smallest absolute Gasteiger partial charge is 0.225 e. The minimum Gasteiger partial charge on any atom is -0.326 e. The van der Waals surface area contributed by atoms with Gasteiger partial charge >= 0.3 is 0 Å². The van der Waals surface area contributed by atoms with Gasteiger partial charge < -0.3 is 9.72 Å². The molecule has 0 aliphatic carbocycles. The first kappa shape index (κ1) is 19.2. The van der Waals surface area contributed by atoms with Crippen molar-refractivity contribution >= 4 is 28.8 Å². The number of rotatable bonds is 5. The number of amides is 1. The molecule has 5 heteroatoms. The van der Waals surface area contributed by atoms with Crippen LogP contribution >= 0.6 is 11.6 Å². The maximum absolute atomic E-state index is 12.9. The summed E-state index contributed by atoms with van der Waals surface area (Å²) < 4.78 is 1.96. The fourth-order valence-electron chi connectivity index (χ4n) is 3.53. The Balaban J connectivity index is 1.67. The number of carbonyl (C=O) groups excluding carboxylic acids is 1. The van der Waals surface area contributed by atoms with Crippen LogP contribution in [-0.2, 0) is 4.79 Å². The molecule has 146 valence electrons. The Kier molecular flexibility index (Phi) is 5.36. The molecule has 2 heterocycles. The van der Waals surface area contributed by atoms with Gasteiger partial charge in [-0.05, 0) is 54.8 Å². The van der Waals surface area contributed by atoms with Gasteiger partial charge in [-0.3, -0.25) is 4.79 Å². The lowest BCUT2D eigenvalue weighted by Gasteiger charge is -2.18. The van der Waals surface area contributed by atoms with Crippen molar-refractivity contribution in [3.05, 3.63) is 100 Å². The monoisotopic (exact) mass is 403 g/mol. The van der Waals surface area contributed by atoms with Crippen molar-refractivity contribution in [2.24, 2.45) is 0 Å². The van der Waals surface area contributed by atoms with E-state index in [0.29, 0.717) is 11.4 Å². The number of nitrogens with one attached hydrogen (secondary N) is 1. The fraction of sp³-hybridized carbons (Fsp3) is 0.167. The fourth-order valence-corrected chi connectivity index (χ4v) is 3.69. The number of nitrogens with zero attached hydrogens (tertiary/aromatic N) is 2. The van der Waals surface area contributed by atoms with Gasteiger partial charge in [0, 0.05) is 30.4 Å². The Morgan fingerprint density at radius 1 is 1.07 bits per heavy atom. The molecule has 2 aromatic heterocycles. The second-order valence-electron chi connectivity index (χ2n) is 7.27. The molecule has 0 saturated heterocycles. The van der Waals surface area contributed by atoms with Crippen molar-refractivity contribution in [1.29, 1.82) is 0 Å². The third-order valence-corrected chi connectivity index (χ3v) is 5.46. The van der Waals surface area contributed by atoms with Crippen LogP contribution in [0, 0.1) is 13.8 Å². The summed E-state index contributed by atoms with van der Waals surface area (Å²) in [6, 6.07) is 19.7. The number of aromatic nitrogens is 2. The van der Waals surface area contributed by atoms with Crippen LogP contribution in [0.2, 0.25) is 5.02 Å². The van der Waals surface area contributed by atoms with Crippen LogP contribution < -0.4 is 5.32 Å². The van der Waals surface area contributed by atoms with Gasteiger partial charge in [-0.1, -0.05) is 48.0 Å². The van der Waals surface area contributed by atoms with E-state index in [0.717, 1.165) is 28.2 Å². The first-order chi connectivity index (χ1) is 14.0. The number of benzene rings is 2. The number of aryl methyl sites for hydroxylation is 2. The highest BCUT2D eigenvalue weighted by atomic mass is 35.5. The molecule has 1 N–H and O–H groups in total. The second-order valence-corrected chi connectivity index (χ2v) is 7.71. The zero-order chi connectivity index (χ0) is 20.4. The highest BCUT2D eigenvalue weighted by Crippen LogP contribution is 2.30. The standard InChI is InChI=1S/C24H22ClN3O/c1-16-8-10-20(12-17(16)2)27-24(29)13-21(18-6-4-3-5-7-18)22-14-26-23-11-9-19(25)15-28(22)23/h3-12,14-15,21H,13H2,1-2H3,(H,27,29). The van der Waals surface area contributed by atoms with Gasteiger partial charge in [0.2, 0.25) is 5.91 Å². The van der Waals surface area contributed by atoms with Crippen LogP contribution in [0.15, 0.2) is 73.1 Å². The number of carbonyl (C=O) groups is 1. The number of halogens is 1. The molecule has 29 heavy (non-hydrogen) atoms. The molecule has 4 aromatic rings. The third kappa shape index (κ3) is 4.17. The van der Waals surface area contributed by atoms with Crippen LogP contribution in [0.5, 0.6) is 0 Å². The van der Waals surface area contributed by atoms with Gasteiger partial charge in [0.15, 0.2) is 0 Å². The molecule has 0 saturated carbocycles. The van der Waals surface area contributed by atoms with E-state index in [4.69, 9.17) is 11.6 Å². The Labute approximate surface area is 175 Å². The molecular weight excluding hydrogens is 382 g/mol. The van der Waals surface area contributed by atoms with E-state index in [1.54, 1.807) is 0 Å². The number of fused-ring (bicyclic) bond motifs is 1.